The van der Waals surface area contributed by atoms with Gasteiger partial charge in [-0.2, -0.15) is 0 Å². The first-order valence-corrected chi connectivity index (χ1v) is 9.77. The summed E-state index contributed by atoms with van der Waals surface area (Å²) < 4.78 is 7.77. The number of para-hydroxylation sites is 1. The molecule has 1 aromatic heterocycles. The number of nitrogens with zero attached hydrogens (tertiary/aromatic N) is 4. The third-order valence-corrected chi connectivity index (χ3v) is 5.64. The highest BCUT2D eigenvalue weighted by atomic mass is 32.2. The molecule has 1 atom stereocenters. The number of ether oxygens (including phenoxy) is 1. The van der Waals surface area contributed by atoms with Gasteiger partial charge in [-0.25, -0.2) is 0 Å². The van der Waals surface area contributed by atoms with Crippen LogP contribution in [0.1, 0.15) is 31.5 Å². The van der Waals surface area contributed by atoms with Crippen LogP contribution in [-0.4, -0.2) is 57.8 Å². The fraction of sp³-hybridized carbons (Fsp3) is 0.556. The van der Waals surface area contributed by atoms with E-state index in [9.17, 15) is 0 Å². The zero-order valence-corrected chi connectivity index (χ0v) is 14.9. The average Bonchev–Trinajstić information content (AvgIpc) is 3.38. The van der Waals surface area contributed by atoms with Gasteiger partial charge < -0.3 is 4.74 Å². The summed E-state index contributed by atoms with van der Waals surface area (Å²) in [5, 5.41) is 10.00. The predicted octanol–water partition coefficient (Wildman–Crippen LogP) is 2.96. The molecule has 2 aliphatic rings. The molecule has 0 amide bonds. The number of rotatable bonds is 6. The second kappa shape index (κ2) is 7.25. The topological polar surface area (TPSA) is 43.2 Å². The van der Waals surface area contributed by atoms with Crippen molar-refractivity contribution < 1.29 is 4.74 Å². The lowest BCUT2D eigenvalue weighted by atomic mass is 10.2. The molecule has 0 N–H and O–H groups in total. The van der Waals surface area contributed by atoms with Gasteiger partial charge in [-0.1, -0.05) is 30.0 Å². The highest BCUT2D eigenvalue weighted by molar-refractivity contribution is 7.99. The molecule has 5 nitrogen and oxygen atoms in total. The van der Waals surface area contributed by atoms with Crippen molar-refractivity contribution in [1.29, 1.82) is 0 Å². The van der Waals surface area contributed by atoms with Crippen molar-refractivity contribution in [3.8, 4) is 5.69 Å². The molecule has 1 saturated heterocycles. The Morgan fingerprint density at radius 3 is 2.79 bits per heavy atom. The van der Waals surface area contributed by atoms with Gasteiger partial charge >= 0.3 is 0 Å². The minimum absolute atomic E-state index is 0.508. The van der Waals surface area contributed by atoms with Crippen LogP contribution in [0.25, 0.3) is 5.69 Å². The number of thioether (sulfide) groups is 1. The average molecular weight is 344 g/mol. The van der Waals surface area contributed by atoms with Crippen molar-refractivity contribution in [3.63, 3.8) is 0 Å². The van der Waals surface area contributed by atoms with Crippen molar-refractivity contribution in [3.05, 3.63) is 36.2 Å². The normalized spacial score (nSPS) is 22.0. The van der Waals surface area contributed by atoms with E-state index in [1.54, 1.807) is 0 Å². The summed E-state index contributed by atoms with van der Waals surface area (Å²) in [7, 11) is 0. The van der Waals surface area contributed by atoms with Crippen LogP contribution in [0.4, 0.5) is 0 Å². The summed E-state index contributed by atoms with van der Waals surface area (Å²) in [5.74, 6) is 2.75. The van der Waals surface area contributed by atoms with Crippen molar-refractivity contribution in [2.24, 2.45) is 0 Å². The zero-order chi connectivity index (χ0) is 16.4. The lowest BCUT2D eigenvalue weighted by Gasteiger charge is -2.32. The fourth-order valence-electron chi connectivity index (χ4n) is 3.15. The quantitative estimate of drug-likeness (QED) is 0.754. The third kappa shape index (κ3) is 3.50. The van der Waals surface area contributed by atoms with Gasteiger partial charge in [0.15, 0.2) is 5.16 Å². The first-order chi connectivity index (χ1) is 11.8. The molecule has 6 heteroatoms. The molecule has 1 aliphatic carbocycles. The summed E-state index contributed by atoms with van der Waals surface area (Å²) in [6.07, 6.45) is 2.47. The Morgan fingerprint density at radius 2 is 2.04 bits per heavy atom. The Kier molecular flexibility index (Phi) is 4.87. The monoisotopic (exact) mass is 344 g/mol. The molecule has 0 spiro atoms. The van der Waals surface area contributed by atoms with Crippen LogP contribution >= 0.6 is 11.8 Å². The van der Waals surface area contributed by atoms with Crippen molar-refractivity contribution >= 4 is 11.8 Å². The van der Waals surface area contributed by atoms with Gasteiger partial charge in [0.05, 0.1) is 13.2 Å². The van der Waals surface area contributed by atoms with Gasteiger partial charge in [-0.15, -0.1) is 10.2 Å². The van der Waals surface area contributed by atoms with Crippen LogP contribution in [-0.2, 0) is 4.74 Å². The molecule has 2 aromatic rings. The Morgan fingerprint density at radius 1 is 1.21 bits per heavy atom. The van der Waals surface area contributed by atoms with Crippen molar-refractivity contribution in [2.45, 2.75) is 36.9 Å². The van der Waals surface area contributed by atoms with Gasteiger partial charge in [-0.3, -0.25) is 9.47 Å². The van der Waals surface area contributed by atoms with Crippen LogP contribution in [0.5, 0.6) is 0 Å². The molecular weight excluding hydrogens is 320 g/mol. The Hall–Kier alpha value is -1.37. The van der Waals surface area contributed by atoms with Gasteiger partial charge in [0.25, 0.3) is 0 Å². The minimum Gasteiger partial charge on any atom is -0.379 e. The molecule has 4 rings (SSSR count). The summed E-state index contributed by atoms with van der Waals surface area (Å²) in [4.78, 5) is 2.50. The Balaban J connectivity index is 1.47. The number of morpholine rings is 1. The Bertz CT molecular complexity index is 671. The van der Waals surface area contributed by atoms with E-state index >= 15 is 0 Å². The first kappa shape index (κ1) is 16.1. The molecule has 24 heavy (non-hydrogen) atoms. The third-order valence-electron chi connectivity index (χ3n) is 4.73. The van der Waals surface area contributed by atoms with Crippen molar-refractivity contribution in [1.82, 2.24) is 19.7 Å². The van der Waals surface area contributed by atoms with Crippen molar-refractivity contribution in [2.75, 3.05) is 32.1 Å². The van der Waals surface area contributed by atoms with Crippen LogP contribution in [0.3, 0.4) is 0 Å². The molecule has 1 aliphatic heterocycles. The van der Waals surface area contributed by atoms with Crippen LogP contribution < -0.4 is 0 Å². The maximum atomic E-state index is 5.52. The van der Waals surface area contributed by atoms with E-state index in [-0.39, 0.29) is 0 Å². The lowest BCUT2D eigenvalue weighted by Crippen LogP contribution is -2.44. The largest absolute Gasteiger partial charge is 0.379 e. The van der Waals surface area contributed by atoms with E-state index in [0.29, 0.717) is 12.0 Å². The molecule has 128 valence electrons. The highest BCUT2D eigenvalue weighted by Crippen LogP contribution is 2.41. The summed E-state index contributed by atoms with van der Waals surface area (Å²) in [6.45, 7) is 6.02. The molecule has 0 unspecified atom stereocenters. The maximum absolute atomic E-state index is 5.52. The van der Waals surface area contributed by atoms with Gasteiger partial charge in [0.1, 0.15) is 5.82 Å². The zero-order valence-electron chi connectivity index (χ0n) is 14.1. The predicted molar refractivity (Wildman–Crippen MR) is 95.9 cm³/mol. The van der Waals surface area contributed by atoms with Crippen LogP contribution in [0, 0.1) is 0 Å². The summed E-state index contributed by atoms with van der Waals surface area (Å²) >= 11 is 1.81. The molecule has 0 radical (unpaired) electrons. The van der Waals surface area contributed by atoms with E-state index < -0.39 is 0 Å². The van der Waals surface area contributed by atoms with Crippen LogP contribution in [0.2, 0.25) is 0 Å². The fourth-order valence-corrected chi connectivity index (χ4v) is 4.08. The molecule has 1 saturated carbocycles. The van der Waals surface area contributed by atoms with E-state index in [0.717, 1.165) is 43.0 Å². The van der Waals surface area contributed by atoms with Gasteiger partial charge in [0.2, 0.25) is 0 Å². The molecular formula is C18H24N4OS. The standard InChI is InChI=1S/C18H24N4OS/c1-14-13-23-11-9-21(14)10-12-24-18-20-19-17(15-7-8-15)22(18)16-5-3-2-4-6-16/h2-6,14-15H,7-13H2,1H3/t14-/m1/s1. The second-order valence-electron chi connectivity index (χ2n) is 6.59. The Labute approximate surface area is 147 Å². The maximum Gasteiger partial charge on any atom is 0.195 e. The smallest absolute Gasteiger partial charge is 0.195 e. The lowest BCUT2D eigenvalue weighted by molar-refractivity contribution is 0.00298. The minimum atomic E-state index is 0.508. The molecule has 2 heterocycles. The first-order valence-electron chi connectivity index (χ1n) is 8.78. The number of benzene rings is 1. The van der Waals surface area contributed by atoms with E-state index in [4.69, 9.17) is 4.74 Å². The molecule has 2 fully saturated rings. The van der Waals surface area contributed by atoms with E-state index in [1.807, 2.05) is 11.8 Å². The number of hydrogen-bond donors (Lipinski definition) is 0. The molecule has 0 bridgehead atoms. The van der Waals surface area contributed by atoms with Gasteiger partial charge in [-0.05, 0) is 31.9 Å². The second-order valence-corrected chi connectivity index (χ2v) is 7.66. The number of hydrogen-bond acceptors (Lipinski definition) is 5. The van der Waals surface area contributed by atoms with E-state index in [2.05, 4.69) is 56.9 Å². The number of aromatic nitrogens is 3. The molecule has 1 aromatic carbocycles. The highest BCUT2D eigenvalue weighted by Gasteiger charge is 2.31. The SMILES string of the molecule is C[C@@H]1COCCN1CCSc1nnc(C2CC2)n1-c1ccccc1. The van der Waals surface area contributed by atoms with E-state index in [1.165, 1.54) is 18.5 Å². The van der Waals surface area contributed by atoms with Crippen LogP contribution in [0.15, 0.2) is 35.5 Å². The summed E-state index contributed by atoms with van der Waals surface area (Å²) in [5.41, 5.74) is 1.17. The van der Waals surface area contributed by atoms with Gasteiger partial charge in [0, 0.05) is 36.5 Å². The summed E-state index contributed by atoms with van der Waals surface area (Å²) in [6, 6.07) is 11.0.